The van der Waals surface area contributed by atoms with Gasteiger partial charge in [-0.1, -0.05) is 23.7 Å². The Hall–Kier alpha value is -4.11. The third-order valence-electron chi connectivity index (χ3n) is 5.40. The predicted octanol–water partition coefficient (Wildman–Crippen LogP) is 5.24. The molecule has 0 bridgehead atoms. The molecule has 1 aliphatic rings. The standard InChI is InChI=1S/C24H14ClF2N3O4/c25-14-6-8-15(9-7-14)29-21(31)16-10-5-13(11-17(16)22(29)32)23(33)34-12-20-28-18-3-1-2-4-19(18)30(20)24(26)27/h1-11,24H,12H2. The molecule has 0 unspecified atom stereocenters. The van der Waals surface area contributed by atoms with Crippen molar-refractivity contribution < 1.29 is 27.9 Å². The van der Waals surface area contributed by atoms with Gasteiger partial charge in [0, 0.05) is 5.02 Å². The summed E-state index contributed by atoms with van der Waals surface area (Å²) in [7, 11) is 0. The van der Waals surface area contributed by atoms with Crippen LogP contribution in [-0.4, -0.2) is 27.3 Å². The SMILES string of the molecule is O=C(OCc1nc2ccccc2n1C(F)F)c1ccc2c(c1)C(=O)N(c1ccc(Cl)cc1)C2=O. The number of hydrogen-bond acceptors (Lipinski definition) is 5. The first kappa shape index (κ1) is 21.7. The number of nitrogens with zero attached hydrogens (tertiary/aromatic N) is 3. The molecule has 0 spiro atoms. The third-order valence-corrected chi connectivity index (χ3v) is 5.66. The summed E-state index contributed by atoms with van der Waals surface area (Å²) in [5, 5.41) is 0.450. The summed E-state index contributed by atoms with van der Waals surface area (Å²) >= 11 is 5.87. The molecule has 0 fully saturated rings. The number of carbonyl (C=O) groups excluding carboxylic acids is 3. The van der Waals surface area contributed by atoms with Crippen molar-refractivity contribution in [2.75, 3.05) is 4.90 Å². The number of alkyl halides is 2. The van der Waals surface area contributed by atoms with Gasteiger partial charge in [-0.15, -0.1) is 0 Å². The number of rotatable bonds is 5. The van der Waals surface area contributed by atoms with Crippen LogP contribution in [0.4, 0.5) is 14.5 Å². The zero-order valence-electron chi connectivity index (χ0n) is 17.2. The van der Waals surface area contributed by atoms with Gasteiger partial charge in [-0.05, 0) is 54.6 Å². The van der Waals surface area contributed by atoms with Gasteiger partial charge in [0.2, 0.25) is 0 Å². The van der Waals surface area contributed by atoms with E-state index in [2.05, 4.69) is 4.98 Å². The number of aromatic nitrogens is 2. The molecular formula is C24H14ClF2N3O4. The molecule has 170 valence electrons. The number of imide groups is 1. The molecule has 0 radical (unpaired) electrons. The van der Waals surface area contributed by atoms with Crippen molar-refractivity contribution in [3.05, 3.63) is 94.3 Å². The summed E-state index contributed by atoms with van der Waals surface area (Å²) in [5.74, 6) is -2.10. The second-order valence-electron chi connectivity index (χ2n) is 7.42. The van der Waals surface area contributed by atoms with Gasteiger partial charge in [0.1, 0.15) is 6.61 Å². The first-order chi connectivity index (χ1) is 16.3. The lowest BCUT2D eigenvalue weighted by atomic mass is 10.1. The Bertz CT molecular complexity index is 1470. The van der Waals surface area contributed by atoms with E-state index in [4.69, 9.17) is 16.3 Å². The number of para-hydroxylation sites is 2. The van der Waals surface area contributed by atoms with Gasteiger partial charge in [0.15, 0.2) is 5.82 Å². The van der Waals surface area contributed by atoms with Crippen LogP contribution in [0.3, 0.4) is 0 Å². The molecule has 1 aromatic heterocycles. The monoisotopic (exact) mass is 481 g/mol. The fourth-order valence-electron chi connectivity index (χ4n) is 3.82. The molecule has 0 aliphatic carbocycles. The van der Waals surface area contributed by atoms with Crippen molar-refractivity contribution in [2.24, 2.45) is 0 Å². The summed E-state index contributed by atoms with van der Waals surface area (Å²) in [5.41, 5.74) is 1.07. The number of halogens is 3. The highest BCUT2D eigenvalue weighted by molar-refractivity contribution is 6.35. The van der Waals surface area contributed by atoms with Gasteiger partial charge < -0.3 is 4.74 Å². The fraction of sp³-hybridized carbons (Fsp3) is 0.0833. The van der Waals surface area contributed by atoms with Gasteiger partial charge >= 0.3 is 12.5 Å². The smallest absolute Gasteiger partial charge is 0.338 e. The van der Waals surface area contributed by atoms with E-state index in [-0.39, 0.29) is 28.0 Å². The van der Waals surface area contributed by atoms with Crippen molar-refractivity contribution >= 4 is 46.1 Å². The number of imidazole rings is 1. The number of esters is 1. The summed E-state index contributed by atoms with van der Waals surface area (Å²) in [6, 6.07) is 16.5. The largest absolute Gasteiger partial charge is 0.454 e. The summed E-state index contributed by atoms with van der Waals surface area (Å²) < 4.78 is 33.0. The predicted molar refractivity (Wildman–Crippen MR) is 119 cm³/mol. The molecule has 4 aromatic rings. The molecule has 34 heavy (non-hydrogen) atoms. The van der Waals surface area contributed by atoms with Gasteiger partial charge in [-0.3, -0.25) is 14.2 Å². The van der Waals surface area contributed by atoms with Crippen LogP contribution < -0.4 is 4.90 Å². The third kappa shape index (κ3) is 3.60. The number of benzene rings is 3. The number of carbonyl (C=O) groups is 3. The van der Waals surface area contributed by atoms with Crippen molar-refractivity contribution in [3.8, 4) is 0 Å². The average Bonchev–Trinajstić information content (AvgIpc) is 3.33. The molecule has 5 rings (SSSR count). The highest BCUT2D eigenvalue weighted by atomic mass is 35.5. The second-order valence-corrected chi connectivity index (χ2v) is 7.86. The van der Waals surface area contributed by atoms with E-state index < -0.39 is 30.9 Å². The highest BCUT2D eigenvalue weighted by Crippen LogP contribution is 2.30. The summed E-state index contributed by atoms with van der Waals surface area (Å²) in [4.78, 5) is 43.4. The van der Waals surface area contributed by atoms with Gasteiger partial charge in [0.05, 0.1) is 33.4 Å². The molecule has 0 atom stereocenters. The topological polar surface area (TPSA) is 81.5 Å². The minimum atomic E-state index is -2.87. The second kappa shape index (κ2) is 8.35. The zero-order chi connectivity index (χ0) is 24.0. The first-order valence-corrected chi connectivity index (χ1v) is 10.4. The maximum Gasteiger partial charge on any atom is 0.338 e. The van der Waals surface area contributed by atoms with E-state index >= 15 is 0 Å². The Balaban J connectivity index is 1.38. The minimum absolute atomic E-state index is 0.00226. The Morgan fingerprint density at radius 2 is 1.68 bits per heavy atom. The molecule has 0 N–H and O–H groups in total. The van der Waals surface area contributed by atoms with Crippen molar-refractivity contribution in [1.82, 2.24) is 9.55 Å². The van der Waals surface area contributed by atoms with Crippen molar-refractivity contribution in [2.45, 2.75) is 13.2 Å². The fourth-order valence-corrected chi connectivity index (χ4v) is 3.95. The number of amides is 2. The first-order valence-electron chi connectivity index (χ1n) is 10.0. The van der Waals surface area contributed by atoms with E-state index in [1.54, 1.807) is 30.3 Å². The minimum Gasteiger partial charge on any atom is -0.454 e. The van der Waals surface area contributed by atoms with Crippen LogP contribution in [0.2, 0.25) is 5.02 Å². The Morgan fingerprint density at radius 3 is 2.41 bits per heavy atom. The maximum absolute atomic E-state index is 13.6. The van der Waals surface area contributed by atoms with Crippen LogP contribution in [0.15, 0.2) is 66.7 Å². The average molecular weight is 482 g/mol. The van der Waals surface area contributed by atoms with E-state index in [0.717, 1.165) is 4.90 Å². The summed E-state index contributed by atoms with van der Waals surface area (Å²) in [6.45, 7) is -3.37. The quantitative estimate of drug-likeness (QED) is 0.287. The van der Waals surface area contributed by atoms with Gasteiger partial charge in [0.25, 0.3) is 11.8 Å². The van der Waals surface area contributed by atoms with Gasteiger partial charge in [-0.25, -0.2) is 14.7 Å². The Morgan fingerprint density at radius 1 is 0.971 bits per heavy atom. The summed E-state index contributed by atoms with van der Waals surface area (Å²) in [6.07, 6.45) is 0. The molecule has 2 heterocycles. The number of fused-ring (bicyclic) bond motifs is 2. The van der Waals surface area contributed by atoms with Crippen molar-refractivity contribution in [1.29, 1.82) is 0 Å². The van der Waals surface area contributed by atoms with Crippen LogP contribution in [0.5, 0.6) is 0 Å². The van der Waals surface area contributed by atoms with Crippen LogP contribution in [-0.2, 0) is 11.3 Å². The molecule has 7 nitrogen and oxygen atoms in total. The molecule has 0 saturated heterocycles. The van der Waals surface area contributed by atoms with Crippen LogP contribution in [0.1, 0.15) is 43.4 Å². The van der Waals surface area contributed by atoms with Crippen LogP contribution in [0, 0.1) is 0 Å². The van der Waals surface area contributed by atoms with Crippen molar-refractivity contribution in [3.63, 3.8) is 0 Å². The number of ether oxygens (including phenoxy) is 1. The van der Waals surface area contributed by atoms with Crippen LogP contribution >= 0.6 is 11.6 Å². The lowest BCUT2D eigenvalue weighted by Gasteiger charge is -2.13. The van der Waals surface area contributed by atoms with E-state index in [9.17, 15) is 23.2 Å². The molecule has 3 aromatic carbocycles. The molecule has 2 amide bonds. The lowest BCUT2D eigenvalue weighted by molar-refractivity contribution is 0.0387. The Labute approximate surface area is 196 Å². The molecule has 1 aliphatic heterocycles. The Kier molecular flexibility index (Phi) is 5.33. The zero-order valence-corrected chi connectivity index (χ0v) is 18.0. The van der Waals surface area contributed by atoms with E-state index in [1.165, 1.54) is 36.4 Å². The highest BCUT2D eigenvalue weighted by Gasteiger charge is 2.37. The number of hydrogen-bond donors (Lipinski definition) is 0. The van der Waals surface area contributed by atoms with E-state index in [1.807, 2.05) is 0 Å². The number of anilines is 1. The lowest BCUT2D eigenvalue weighted by Crippen LogP contribution is -2.29. The normalized spacial score (nSPS) is 13.1. The van der Waals surface area contributed by atoms with E-state index in [0.29, 0.717) is 20.8 Å². The maximum atomic E-state index is 13.6. The molecule has 10 heteroatoms. The van der Waals surface area contributed by atoms with Gasteiger partial charge in [-0.2, -0.15) is 8.78 Å². The molecular weight excluding hydrogens is 468 g/mol. The molecule has 0 saturated carbocycles. The van der Waals surface area contributed by atoms with Crippen LogP contribution in [0.25, 0.3) is 11.0 Å².